The molecule has 20 heavy (non-hydrogen) atoms. The molecule has 0 aliphatic heterocycles. The molecule has 1 aliphatic carbocycles. The summed E-state index contributed by atoms with van der Waals surface area (Å²) in [4.78, 5) is 0.414. The molecule has 2 N–H and O–H groups in total. The highest BCUT2D eigenvalue weighted by atomic mass is 32.2. The van der Waals surface area contributed by atoms with E-state index in [1.165, 1.54) is 4.31 Å². The Balaban J connectivity index is 2.39. The van der Waals surface area contributed by atoms with Gasteiger partial charge in [-0.2, -0.15) is 4.31 Å². The quantitative estimate of drug-likeness (QED) is 0.875. The smallest absolute Gasteiger partial charge is 0.243 e. The largest absolute Gasteiger partial charge is 0.329 e. The van der Waals surface area contributed by atoms with E-state index in [4.69, 9.17) is 5.73 Å². The highest BCUT2D eigenvalue weighted by molar-refractivity contribution is 7.89. The van der Waals surface area contributed by atoms with Gasteiger partial charge >= 0.3 is 0 Å². The number of rotatable bonds is 6. The zero-order valence-corrected chi connectivity index (χ0v) is 13.2. The molecule has 1 aliphatic rings. The topological polar surface area (TPSA) is 63.4 Å². The van der Waals surface area contributed by atoms with Gasteiger partial charge in [0.2, 0.25) is 10.0 Å². The van der Waals surface area contributed by atoms with E-state index in [1.54, 1.807) is 19.2 Å². The van der Waals surface area contributed by atoms with Crippen molar-refractivity contribution in [2.24, 2.45) is 11.7 Å². The summed E-state index contributed by atoms with van der Waals surface area (Å²) in [6, 6.07) is 7.17. The van der Waals surface area contributed by atoms with Gasteiger partial charge in [-0.15, -0.1) is 0 Å². The van der Waals surface area contributed by atoms with Crippen molar-refractivity contribution in [3.8, 4) is 0 Å². The molecule has 1 atom stereocenters. The third kappa shape index (κ3) is 2.90. The molecular weight excluding hydrogens is 272 g/mol. The maximum absolute atomic E-state index is 12.9. The summed E-state index contributed by atoms with van der Waals surface area (Å²) >= 11 is 0. The Bertz CT molecular complexity index is 565. The van der Waals surface area contributed by atoms with Gasteiger partial charge in [0.15, 0.2) is 0 Å². The van der Waals surface area contributed by atoms with E-state index in [2.05, 4.69) is 0 Å². The molecule has 1 aromatic rings. The van der Waals surface area contributed by atoms with Crippen molar-refractivity contribution in [2.75, 3.05) is 13.6 Å². The van der Waals surface area contributed by atoms with E-state index in [9.17, 15) is 8.42 Å². The minimum absolute atomic E-state index is 0.0831. The molecule has 0 saturated heterocycles. The van der Waals surface area contributed by atoms with Gasteiger partial charge in [0.1, 0.15) is 0 Å². The molecule has 112 valence electrons. The van der Waals surface area contributed by atoms with Crippen LogP contribution < -0.4 is 5.73 Å². The number of hydrogen-bond acceptors (Lipinski definition) is 3. The van der Waals surface area contributed by atoms with Crippen LogP contribution in [0.25, 0.3) is 0 Å². The first-order chi connectivity index (χ1) is 9.39. The van der Waals surface area contributed by atoms with Crippen LogP contribution >= 0.6 is 0 Å². The Morgan fingerprint density at radius 2 is 1.90 bits per heavy atom. The Morgan fingerprint density at radius 3 is 2.40 bits per heavy atom. The van der Waals surface area contributed by atoms with E-state index < -0.39 is 10.0 Å². The summed E-state index contributed by atoms with van der Waals surface area (Å²) < 4.78 is 27.2. The van der Waals surface area contributed by atoms with Gasteiger partial charge in [-0.25, -0.2) is 8.42 Å². The molecule has 0 spiro atoms. The summed E-state index contributed by atoms with van der Waals surface area (Å²) in [7, 11) is -1.82. The first-order valence-electron chi connectivity index (χ1n) is 7.16. The van der Waals surface area contributed by atoms with E-state index in [-0.39, 0.29) is 12.0 Å². The third-order valence-electron chi connectivity index (χ3n) is 4.07. The predicted molar refractivity (Wildman–Crippen MR) is 81.0 cm³/mol. The van der Waals surface area contributed by atoms with Crippen molar-refractivity contribution in [3.05, 3.63) is 29.8 Å². The average Bonchev–Trinajstić information content (AvgIpc) is 3.24. The minimum atomic E-state index is -3.48. The van der Waals surface area contributed by atoms with Crippen LogP contribution in [-0.2, 0) is 10.0 Å². The van der Waals surface area contributed by atoms with Gasteiger partial charge in [-0.1, -0.05) is 32.0 Å². The van der Waals surface area contributed by atoms with Crippen molar-refractivity contribution in [3.63, 3.8) is 0 Å². The van der Waals surface area contributed by atoms with Crippen LogP contribution in [0.1, 0.15) is 38.2 Å². The van der Waals surface area contributed by atoms with Crippen LogP contribution in [0.3, 0.4) is 0 Å². The summed E-state index contributed by atoms with van der Waals surface area (Å²) in [6.45, 7) is 4.40. The Labute approximate surface area is 122 Å². The summed E-state index contributed by atoms with van der Waals surface area (Å²) in [5.41, 5.74) is 6.65. The lowest BCUT2D eigenvalue weighted by Crippen LogP contribution is -2.43. The van der Waals surface area contributed by atoms with Crippen LogP contribution in [0.15, 0.2) is 29.2 Å². The van der Waals surface area contributed by atoms with Crippen molar-refractivity contribution >= 4 is 10.0 Å². The fraction of sp³-hybridized carbons (Fsp3) is 0.600. The molecule has 0 radical (unpaired) electrons. The average molecular weight is 296 g/mol. The number of benzene rings is 1. The monoisotopic (exact) mass is 296 g/mol. The van der Waals surface area contributed by atoms with Gasteiger partial charge in [-0.05, 0) is 36.3 Å². The fourth-order valence-corrected chi connectivity index (χ4v) is 4.42. The molecule has 1 unspecified atom stereocenters. The zero-order chi connectivity index (χ0) is 14.9. The fourth-order valence-electron chi connectivity index (χ4n) is 2.64. The maximum atomic E-state index is 12.9. The zero-order valence-electron chi connectivity index (χ0n) is 12.4. The van der Waals surface area contributed by atoms with Crippen molar-refractivity contribution in [1.29, 1.82) is 0 Å². The molecule has 2 rings (SSSR count). The van der Waals surface area contributed by atoms with Crippen molar-refractivity contribution in [2.45, 2.75) is 43.5 Å². The molecule has 1 saturated carbocycles. The number of nitrogens with two attached hydrogens (primary N) is 1. The lowest BCUT2D eigenvalue weighted by atomic mass is 10.0. The lowest BCUT2D eigenvalue weighted by molar-refractivity contribution is 0.340. The van der Waals surface area contributed by atoms with E-state index in [0.29, 0.717) is 17.4 Å². The molecule has 0 bridgehead atoms. The van der Waals surface area contributed by atoms with E-state index in [0.717, 1.165) is 18.4 Å². The van der Waals surface area contributed by atoms with Crippen LogP contribution in [0, 0.1) is 5.92 Å². The standard InChI is InChI=1S/C15H24N2O2S/c1-11(2)13-6-4-5-7-15(13)20(18,19)17(3)14(10-16)12-8-9-12/h4-7,11-12,14H,8-10,16H2,1-3H3. The number of nitrogens with zero attached hydrogens (tertiary/aromatic N) is 1. The van der Waals surface area contributed by atoms with Crippen LogP contribution in [0.4, 0.5) is 0 Å². The van der Waals surface area contributed by atoms with Gasteiger partial charge in [0, 0.05) is 19.6 Å². The molecule has 1 fully saturated rings. The first-order valence-corrected chi connectivity index (χ1v) is 8.60. The van der Waals surface area contributed by atoms with Gasteiger partial charge < -0.3 is 5.73 Å². The highest BCUT2D eigenvalue weighted by Crippen LogP contribution is 2.37. The molecule has 0 aromatic heterocycles. The number of likely N-dealkylation sites (N-methyl/N-ethyl adjacent to an activating group) is 1. The summed E-state index contributed by atoms with van der Waals surface area (Å²) in [6.07, 6.45) is 2.15. The van der Waals surface area contributed by atoms with Crippen LogP contribution in [-0.4, -0.2) is 32.4 Å². The third-order valence-corrected chi connectivity index (χ3v) is 6.03. The van der Waals surface area contributed by atoms with Crippen LogP contribution in [0.5, 0.6) is 0 Å². The minimum Gasteiger partial charge on any atom is -0.329 e. The Morgan fingerprint density at radius 1 is 1.30 bits per heavy atom. The van der Waals surface area contributed by atoms with Crippen molar-refractivity contribution < 1.29 is 8.42 Å². The molecule has 1 aromatic carbocycles. The molecule has 0 heterocycles. The molecular formula is C15H24N2O2S. The summed E-state index contributed by atoms with van der Waals surface area (Å²) in [5, 5.41) is 0. The lowest BCUT2D eigenvalue weighted by Gasteiger charge is -2.27. The Hall–Kier alpha value is -0.910. The molecule has 0 amide bonds. The van der Waals surface area contributed by atoms with E-state index in [1.807, 2.05) is 26.0 Å². The Kier molecular flexibility index (Phi) is 4.52. The van der Waals surface area contributed by atoms with E-state index >= 15 is 0 Å². The second-order valence-electron chi connectivity index (χ2n) is 5.85. The predicted octanol–water partition coefficient (Wildman–Crippen LogP) is 2.17. The maximum Gasteiger partial charge on any atom is 0.243 e. The highest BCUT2D eigenvalue weighted by Gasteiger charge is 2.38. The van der Waals surface area contributed by atoms with Gasteiger partial charge in [0.25, 0.3) is 0 Å². The van der Waals surface area contributed by atoms with Crippen molar-refractivity contribution in [1.82, 2.24) is 4.31 Å². The van der Waals surface area contributed by atoms with Crippen LogP contribution in [0.2, 0.25) is 0 Å². The molecule has 5 heteroatoms. The number of sulfonamides is 1. The number of hydrogen-bond donors (Lipinski definition) is 1. The second kappa shape index (κ2) is 5.84. The second-order valence-corrected chi connectivity index (χ2v) is 7.82. The molecule has 4 nitrogen and oxygen atoms in total. The normalized spacial score (nSPS) is 17.7. The SMILES string of the molecule is CC(C)c1ccccc1S(=O)(=O)N(C)C(CN)C1CC1. The first kappa shape index (κ1) is 15.5. The summed E-state index contributed by atoms with van der Waals surface area (Å²) in [5.74, 6) is 0.595. The van der Waals surface area contributed by atoms with Gasteiger partial charge in [0.05, 0.1) is 4.90 Å². The van der Waals surface area contributed by atoms with Gasteiger partial charge in [-0.3, -0.25) is 0 Å².